The van der Waals surface area contributed by atoms with Gasteiger partial charge in [0.05, 0.1) is 12.5 Å². The average Bonchev–Trinajstić information content (AvgIpc) is 2.09. The lowest BCUT2D eigenvalue weighted by Gasteiger charge is -2.10. The normalized spacial score (nSPS) is 12.1. The van der Waals surface area contributed by atoms with Crippen LogP contribution in [0.1, 0.15) is 23.6 Å². The summed E-state index contributed by atoms with van der Waals surface area (Å²) in [6.45, 7) is 1.92. The minimum atomic E-state index is -0.398. The first-order valence-corrected chi connectivity index (χ1v) is 4.07. The van der Waals surface area contributed by atoms with E-state index in [1.54, 1.807) is 18.2 Å². The predicted octanol–water partition coefficient (Wildman–Crippen LogP) is 1.61. The molecular formula is C10H12N2O. The van der Waals surface area contributed by atoms with Gasteiger partial charge in [-0.15, -0.1) is 0 Å². The van der Waals surface area contributed by atoms with E-state index in [9.17, 15) is 5.11 Å². The Morgan fingerprint density at radius 1 is 1.62 bits per heavy atom. The summed E-state index contributed by atoms with van der Waals surface area (Å²) in [5.74, 6) is 0.161. The van der Waals surface area contributed by atoms with Crippen molar-refractivity contribution in [1.29, 1.82) is 5.26 Å². The van der Waals surface area contributed by atoms with Crippen molar-refractivity contribution in [3.05, 3.63) is 29.3 Å². The first-order valence-electron chi connectivity index (χ1n) is 4.07. The molecule has 1 atom stereocenters. The zero-order valence-electron chi connectivity index (χ0n) is 7.49. The zero-order valence-corrected chi connectivity index (χ0v) is 7.49. The van der Waals surface area contributed by atoms with Gasteiger partial charge in [-0.25, -0.2) is 0 Å². The maximum absolute atomic E-state index is 9.44. The fraction of sp³-hybridized carbons (Fsp3) is 0.300. The van der Waals surface area contributed by atoms with Crippen LogP contribution in [0.3, 0.4) is 0 Å². The second-order valence-corrected chi connectivity index (χ2v) is 3.03. The smallest absolute Gasteiger partial charge is 0.120 e. The molecule has 3 N–H and O–H groups in total. The summed E-state index contributed by atoms with van der Waals surface area (Å²) in [7, 11) is 0. The molecule has 1 aromatic rings. The first kappa shape index (κ1) is 9.56. The van der Waals surface area contributed by atoms with Crippen LogP contribution >= 0.6 is 0 Å². The standard InChI is InChI=1S/C10H12N2O/c1-7-2-3-10(13)8(6-7)9(12)4-5-11/h2-3,6,9,13H,4,12H2,1H3. The molecule has 0 aliphatic carbocycles. The van der Waals surface area contributed by atoms with Gasteiger partial charge in [0.25, 0.3) is 0 Å². The minimum absolute atomic E-state index is 0.161. The van der Waals surface area contributed by atoms with Crippen LogP contribution in [0.25, 0.3) is 0 Å². The lowest BCUT2D eigenvalue weighted by Crippen LogP contribution is -2.09. The van der Waals surface area contributed by atoms with Crippen LogP contribution in [0.2, 0.25) is 0 Å². The van der Waals surface area contributed by atoms with Crippen molar-refractivity contribution >= 4 is 0 Å². The van der Waals surface area contributed by atoms with Gasteiger partial charge < -0.3 is 10.8 Å². The van der Waals surface area contributed by atoms with Crippen LogP contribution < -0.4 is 5.73 Å². The molecule has 3 nitrogen and oxygen atoms in total. The average molecular weight is 176 g/mol. The molecule has 1 unspecified atom stereocenters. The molecule has 0 spiro atoms. The van der Waals surface area contributed by atoms with Crippen molar-refractivity contribution in [2.75, 3.05) is 0 Å². The number of phenols is 1. The van der Waals surface area contributed by atoms with Crippen molar-refractivity contribution in [3.63, 3.8) is 0 Å². The van der Waals surface area contributed by atoms with E-state index in [0.717, 1.165) is 5.56 Å². The van der Waals surface area contributed by atoms with Gasteiger partial charge >= 0.3 is 0 Å². The highest BCUT2D eigenvalue weighted by Crippen LogP contribution is 2.25. The van der Waals surface area contributed by atoms with E-state index in [1.165, 1.54) is 0 Å². The molecule has 0 saturated heterocycles. The van der Waals surface area contributed by atoms with E-state index in [2.05, 4.69) is 0 Å². The molecular weight excluding hydrogens is 164 g/mol. The van der Waals surface area contributed by atoms with E-state index in [4.69, 9.17) is 11.0 Å². The first-order chi connectivity index (χ1) is 6.15. The molecule has 0 aliphatic heterocycles. The maximum atomic E-state index is 9.44. The molecule has 13 heavy (non-hydrogen) atoms. The van der Waals surface area contributed by atoms with E-state index in [0.29, 0.717) is 5.56 Å². The molecule has 0 aliphatic rings. The summed E-state index contributed by atoms with van der Waals surface area (Å²) in [4.78, 5) is 0. The zero-order chi connectivity index (χ0) is 9.84. The Labute approximate surface area is 77.4 Å². The van der Waals surface area contributed by atoms with Crippen molar-refractivity contribution < 1.29 is 5.11 Å². The summed E-state index contributed by atoms with van der Waals surface area (Å²) < 4.78 is 0. The SMILES string of the molecule is Cc1ccc(O)c(C(N)CC#N)c1. The Morgan fingerprint density at radius 3 is 2.92 bits per heavy atom. The van der Waals surface area contributed by atoms with Crippen molar-refractivity contribution in [2.45, 2.75) is 19.4 Å². The number of aromatic hydroxyl groups is 1. The minimum Gasteiger partial charge on any atom is -0.508 e. The second kappa shape index (κ2) is 3.92. The van der Waals surface area contributed by atoms with Crippen LogP contribution in [0, 0.1) is 18.3 Å². The number of hydrogen-bond donors (Lipinski definition) is 2. The quantitative estimate of drug-likeness (QED) is 0.719. The molecule has 0 amide bonds. The van der Waals surface area contributed by atoms with E-state index >= 15 is 0 Å². The number of hydrogen-bond acceptors (Lipinski definition) is 3. The molecule has 1 aromatic carbocycles. The molecule has 1 rings (SSSR count). The molecule has 0 aromatic heterocycles. The number of aryl methyl sites for hydroxylation is 1. The lowest BCUT2D eigenvalue weighted by molar-refractivity contribution is 0.461. The van der Waals surface area contributed by atoms with Crippen LogP contribution in [0.15, 0.2) is 18.2 Å². The number of rotatable bonds is 2. The number of nitriles is 1. The van der Waals surface area contributed by atoms with E-state index in [1.807, 2.05) is 13.0 Å². The highest BCUT2D eigenvalue weighted by Gasteiger charge is 2.09. The summed E-state index contributed by atoms with van der Waals surface area (Å²) in [6.07, 6.45) is 0.219. The predicted molar refractivity (Wildman–Crippen MR) is 50.0 cm³/mol. The van der Waals surface area contributed by atoms with Gasteiger partial charge in [-0.1, -0.05) is 17.7 Å². The summed E-state index contributed by atoms with van der Waals surface area (Å²) in [5.41, 5.74) is 7.36. The van der Waals surface area contributed by atoms with Crippen LogP contribution in [-0.4, -0.2) is 5.11 Å². The molecule has 0 saturated carbocycles. The van der Waals surface area contributed by atoms with Crippen molar-refractivity contribution in [2.24, 2.45) is 5.73 Å². The Morgan fingerprint density at radius 2 is 2.31 bits per heavy atom. The van der Waals surface area contributed by atoms with Crippen molar-refractivity contribution in [3.8, 4) is 11.8 Å². The van der Waals surface area contributed by atoms with Gasteiger partial charge in [0.2, 0.25) is 0 Å². The van der Waals surface area contributed by atoms with Gasteiger partial charge in [-0.05, 0) is 13.0 Å². The van der Waals surface area contributed by atoms with Crippen LogP contribution in [-0.2, 0) is 0 Å². The highest BCUT2D eigenvalue weighted by molar-refractivity contribution is 5.38. The Balaban J connectivity index is 3.00. The van der Waals surface area contributed by atoms with Gasteiger partial charge in [-0.3, -0.25) is 0 Å². The largest absolute Gasteiger partial charge is 0.508 e. The Bertz CT molecular complexity index is 341. The van der Waals surface area contributed by atoms with Crippen molar-refractivity contribution in [1.82, 2.24) is 0 Å². The monoisotopic (exact) mass is 176 g/mol. The lowest BCUT2D eigenvalue weighted by atomic mass is 10.0. The Kier molecular flexibility index (Phi) is 2.88. The molecule has 0 radical (unpaired) electrons. The number of phenolic OH excluding ortho intramolecular Hbond substituents is 1. The fourth-order valence-electron chi connectivity index (χ4n) is 1.18. The number of benzene rings is 1. The van der Waals surface area contributed by atoms with Gasteiger partial charge in [-0.2, -0.15) is 5.26 Å². The third-order valence-electron chi connectivity index (χ3n) is 1.89. The summed E-state index contributed by atoms with van der Waals surface area (Å²) in [5, 5.41) is 17.9. The van der Waals surface area contributed by atoms with Gasteiger partial charge in [0.1, 0.15) is 5.75 Å². The maximum Gasteiger partial charge on any atom is 0.120 e. The van der Waals surface area contributed by atoms with E-state index in [-0.39, 0.29) is 12.2 Å². The topological polar surface area (TPSA) is 70.0 Å². The highest BCUT2D eigenvalue weighted by atomic mass is 16.3. The van der Waals surface area contributed by atoms with Crippen LogP contribution in [0.4, 0.5) is 0 Å². The molecule has 0 fully saturated rings. The molecule has 0 heterocycles. The van der Waals surface area contributed by atoms with Gasteiger partial charge in [0.15, 0.2) is 0 Å². The molecule has 68 valence electrons. The molecule has 3 heteroatoms. The number of nitrogens with zero attached hydrogens (tertiary/aromatic N) is 1. The third kappa shape index (κ3) is 2.20. The Hall–Kier alpha value is -1.53. The molecule has 0 bridgehead atoms. The third-order valence-corrected chi connectivity index (χ3v) is 1.89. The second-order valence-electron chi connectivity index (χ2n) is 3.03. The van der Waals surface area contributed by atoms with Gasteiger partial charge in [0, 0.05) is 11.6 Å². The van der Waals surface area contributed by atoms with E-state index < -0.39 is 6.04 Å². The summed E-state index contributed by atoms with van der Waals surface area (Å²) >= 11 is 0. The fourth-order valence-corrected chi connectivity index (χ4v) is 1.18. The summed E-state index contributed by atoms with van der Waals surface area (Å²) in [6, 6.07) is 6.78. The van der Waals surface area contributed by atoms with Crippen LogP contribution in [0.5, 0.6) is 5.75 Å². The number of nitrogens with two attached hydrogens (primary N) is 1.